The van der Waals surface area contributed by atoms with Gasteiger partial charge in [-0.2, -0.15) is 0 Å². The van der Waals surface area contributed by atoms with E-state index in [9.17, 15) is 14.4 Å². The third kappa shape index (κ3) is 68.4. The highest BCUT2D eigenvalue weighted by Gasteiger charge is 2.20. The molecule has 0 heterocycles. The second kappa shape index (κ2) is 71.1. The molecule has 0 aliphatic rings. The molecule has 482 valence electrons. The van der Waals surface area contributed by atoms with Crippen LogP contribution in [0.2, 0.25) is 0 Å². The first-order chi connectivity index (χ1) is 40.5. The first kappa shape index (κ1) is 79.6. The summed E-state index contributed by atoms with van der Waals surface area (Å²) in [5.41, 5.74) is 0. The maximum atomic E-state index is 13.0. The summed E-state index contributed by atoms with van der Waals surface area (Å²) in [5, 5.41) is 0. The van der Waals surface area contributed by atoms with E-state index in [-0.39, 0.29) is 31.1 Å². The number of esters is 3. The van der Waals surface area contributed by atoms with E-state index in [0.717, 1.165) is 83.5 Å². The third-order valence-electron chi connectivity index (χ3n) is 16.9. The maximum Gasteiger partial charge on any atom is 0.306 e. The molecular formula is C76H142O6. The van der Waals surface area contributed by atoms with Gasteiger partial charge < -0.3 is 14.2 Å². The molecule has 0 N–H and O–H groups in total. The van der Waals surface area contributed by atoms with E-state index in [0.29, 0.717) is 19.3 Å². The van der Waals surface area contributed by atoms with Crippen molar-refractivity contribution in [3.8, 4) is 0 Å². The van der Waals surface area contributed by atoms with Crippen molar-refractivity contribution in [2.24, 2.45) is 0 Å². The van der Waals surface area contributed by atoms with Crippen molar-refractivity contribution in [3.63, 3.8) is 0 Å². The molecular weight excluding hydrogens is 1010 g/mol. The predicted octanol–water partition coefficient (Wildman–Crippen LogP) is 25.5. The molecule has 6 nitrogen and oxygen atoms in total. The summed E-state index contributed by atoms with van der Waals surface area (Å²) in [5.74, 6) is -0.845. The predicted molar refractivity (Wildman–Crippen MR) is 358 cm³/mol. The summed E-state index contributed by atoms with van der Waals surface area (Å²) in [7, 11) is 0. The van der Waals surface area contributed by atoms with Crippen LogP contribution in [-0.4, -0.2) is 37.2 Å². The zero-order valence-corrected chi connectivity index (χ0v) is 55.5. The number of unbranched alkanes of at least 4 members (excludes halogenated alkanes) is 52. The summed E-state index contributed by atoms with van der Waals surface area (Å²) < 4.78 is 17.0. The minimum atomic E-state index is -0.774. The molecule has 0 rings (SSSR count). The van der Waals surface area contributed by atoms with Crippen molar-refractivity contribution in [3.05, 3.63) is 36.5 Å². The van der Waals surface area contributed by atoms with Crippen LogP contribution in [0.1, 0.15) is 412 Å². The lowest BCUT2D eigenvalue weighted by atomic mass is 10.0. The molecule has 0 aromatic carbocycles. The van der Waals surface area contributed by atoms with Crippen LogP contribution in [0.25, 0.3) is 0 Å². The standard InChI is InChI=1S/C76H142O6/c1-4-7-10-13-16-19-22-25-28-31-33-35-36-37-38-39-40-41-43-45-48-51-54-57-60-63-66-69-75(78)81-72-73(71-80-74(77)68-65-62-59-56-53-50-47-44-30-27-24-21-18-15-12-9-6-3)82-76(79)70-67-64-61-58-55-52-49-46-42-34-32-29-26-23-20-17-14-11-8-5-2/h9,12,18,21,27,30,73H,4-8,10-11,13-17,19-20,22-26,28-29,31-72H2,1-3H3/b12-9-,21-18-,30-27-. The van der Waals surface area contributed by atoms with Crippen LogP contribution in [0.5, 0.6) is 0 Å². The molecule has 0 fully saturated rings. The molecule has 82 heavy (non-hydrogen) atoms. The summed E-state index contributed by atoms with van der Waals surface area (Å²) >= 11 is 0. The second-order valence-electron chi connectivity index (χ2n) is 25.2. The smallest absolute Gasteiger partial charge is 0.306 e. The Labute approximate surface area is 512 Å². The average molecular weight is 1150 g/mol. The molecule has 0 aromatic heterocycles. The van der Waals surface area contributed by atoms with Gasteiger partial charge >= 0.3 is 17.9 Å². The number of carbonyl (C=O) groups is 3. The zero-order chi connectivity index (χ0) is 59.2. The number of carbonyl (C=O) groups excluding carboxylic acids is 3. The molecule has 0 bridgehead atoms. The highest BCUT2D eigenvalue weighted by Crippen LogP contribution is 2.19. The van der Waals surface area contributed by atoms with Crippen molar-refractivity contribution in [1.82, 2.24) is 0 Å². The topological polar surface area (TPSA) is 78.9 Å². The molecule has 0 aliphatic heterocycles. The van der Waals surface area contributed by atoms with Crippen molar-refractivity contribution in [1.29, 1.82) is 0 Å². The lowest BCUT2D eigenvalue weighted by molar-refractivity contribution is -0.167. The second-order valence-corrected chi connectivity index (χ2v) is 25.2. The van der Waals surface area contributed by atoms with E-state index < -0.39 is 6.10 Å². The zero-order valence-electron chi connectivity index (χ0n) is 55.5. The summed E-state index contributed by atoms with van der Waals surface area (Å²) in [4.78, 5) is 38.5. The Balaban J connectivity index is 4.24. The summed E-state index contributed by atoms with van der Waals surface area (Å²) in [6.07, 6.45) is 89.0. The largest absolute Gasteiger partial charge is 0.462 e. The van der Waals surface area contributed by atoms with E-state index in [1.165, 1.54) is 289 Å². The number of rotatable bonds is 69. The van der Waals surface area contributed by atoms with E-state index in [2.05, 4.69) is 57.2 Å². The van der Waals surface area contributed by atoms with Crippen LogP contribution < -0.4 is 0 Å². The van der Waals surface area contributed by atoms with Crippen molar-refractivity contribution >= 4 is 17.9 Å². The van der Waals surface area contributed by atoms with E-state index in [1.807, 2.05) is 0 Å². The van der Waals surface area contributed by atoms with Gasteiger partial charge in [-0.3, -0.25) is 14.4 Å². The Morgan fingerprint density at radius 2 is 0.476 bits per heavy atom. The van der Waals surface area contributed by atoms with Crippen molar-refractivity contribution < 1.29 is 28.6 Å². The highest BCUT2D eigenvalue weighted by atomic mass is 16.6. The van der Waals surface area contributed by atoms with Gasteiger partial charge in [-0.05, 0) is 51.4 Å². The third-order valence-corrected chi connectivity index (χ3v) is 16.9. The van der Waals surface area contributed by atoms with Gasteiger partial charge in [-0.25, -0.2) is 0 Å². The minimum absolute atomic E-state index is 0.0691. The number of allylic oxidation sites excluding steroid dienone is 6. The fraction of sp³-hybridized carbons (Fsp3) is 0.882. The number of hydrogen-bond donors (Lipinski definition) is 0. The number of hydrogen-bond acceptors (Lipinski definition) is 6. The molecule has 0 amide bonds. The van der Waals surface area contributed by atoms with Gasteiger partial charge in [0.2, 0.25) is 0 Å². The molecule has 0 spiro atoms. The Morgan fingerprint density at radius 3 is 0.744 bits per heavy atom. The molecule has 1 unspecified atom stereocenters. The van der Waals surface area contributed by atoms with Gasteiger partial charge in [0, 0.05) is 19.3 Å². The molecule has 0 aliphatic carbocycles. The van der Waals surface area contributed by atoms with Crippen molar-refractivity contribution in [2.45, 2.75) is 419 Å². The van der Waals surface area contributed by atoms with Gasteiger partial charge in [-0.15, -0.1) is 0 Å². The van der Waals surface area contributed by atoms with Crippen LogP contribution >= 0.6 is 0 Å². The first-order valence-electron chi connectivity index (χ1n) is 37.0. The average Bonchev–Trinajstić information content (AvgIpc) is 3.47. The van der Waals surface area contributed by atoms with Crippen LogP contribution in [0, 0.1) is 0 Å². The Kier molecular flexibility index (Phi) is 69.1. The van der Waals surface area contributed by atoms with E-state index >= 15 is 0 Å². The van der Waals surface area contributed by atoms with E-state index in [1.54, 1.807) is 0 Å². The van der Waals surface area contributed by atoms with Crippen LogP contribution in [0.4, 0.5) is 0 Å². The molecule has 0 radical (unpaired) electrons. The lowest BCUT2D eigenvalue weighted by Gasteiger charge is -2.18. The van der Waals surface area contributed by atoms with Crippen LogP contribution in [0.15, 0.2) is 36.5 Å². The first-order valence-corrected chi connectivity index (χ1v) is 37.0. The molecule has 0 saturated carbocycles. The molecule has 0 saturated heterocycles. The highest BCUT2D eigenvalue weighted by molar-refractivity contribution is 5.71. The fourth-order valence-corrected chi connectivity index (χ4v) is 11.4. The van der Waals surface area contributed by atoms with Crippen LogP contribution in [0.3, 0.4) is 0 Å². The van der Waals surface area contributed by atoms with Crippen molar-refractivity contribution in [2.75, 3.05) is 13.2 Å². The fourth-order valence-electron chi connectivity index (χ4n) is 11.4. The summed E-state index contributed by atoms with van der Waals surface area (Å²) in [6.45, 7) is 6.61. The molecule has 0 aromatic rings. The molecule has 6 heteroatoms. The van der Waals surface area contributed by atoms with Crippen LogP contribution in [-0.2, 0) is 28.6 Å². The Hall–Kier alpha value is -2.37. The monoisotopic (exact) mass is 1150 g/mol. The van der Waals surface area contributed by atoms with Gasteiger partial charge in [0.1, 0.15) is 13.2 Å². The van der Waals surface area contributed by atoms with Gasteiger partial charge in [0.05, 0.1) is 0 Å². The maximum absolute atomic E-state index is 13.0. The lowest BCUT2D eigenvalue weighted by Crippen LogP contribution is -2.30. The normalized spacial score (nSPS) is 12.2. The molecule has 1 atom stereocenters. The van der Waals surface area contributed by atoms with Gasteiger partial charge in [0.25, 0.3) is 0 Å². The minimum Gasteiger partial charge on any atom is -0.462 e. The number of ether oxygens (including phenoxy) is 3. The Morgan fingerprint density at radius 1 is 0.256 bits per heavy atom. The van der Waals surface area contributed by atoms with E-state index in [4.69, 9.17) is 14.2 Å². The summed E-state index contributed by atoms with van der Waals surface area (Å²) in [6, 6.07) is 0. The quantitative estimate of drug-likeness (QED) is 0.0261. The van der Waals surface area contributed by atoms with Gasteiger partial charge in [-0.1, -0.05) is 378 Å². The SMILES string of the molecule is CC/C=C\C/C=C\C/C=C\CCCCCCCCCC(=O)OCC(COC(=O)CCCCCCCCCCCCCCCCCCCCCCCCCCCCC)OC(=O)CCCCCCCCCCCCCCCCCCCCCC. The Bertz CT molecular complexity index is 1370. The van der Waals surface area contributed by atoms with Gasteiger partial charge in [0.15, 0.2) is 6.10 Å².